The van der Waals surface area contributed by atoms with Crippen LogP contribution in [-0.2, 0) is 11.3 Å². The van der Waals surface area contributed by atoms with Crippen LogP contribution in [0.5, 0.6) is 5.75 Å². The highest BCUT2D eigenvalue weighted by molar-refractivity contribution is 7.99. The summed E-state index contributed by atoms with van der Waals surface area (Å²) in [5, 5.41) is 12.7. The van der Waals surface area contributed by atoms with E-state index in [0.717, 1.165) is 16.8 Å². The summed E-state index contributed by atoms with van der Waals surface area (Å²) in [6.45, 7) is 12.3. The van der Waals surface area contributed by atoms with Crippen molar-refractivity contribution in [2.24, 2.45) is 0 Å². The quantitative estimate of drug-likeness (QED) is 0.311. The summed E-state index contributed by atoms with van der Waals surface area (Å²) in [7, 11) is 0. The highest BCUT2D eigenvalue weighted by atomic mass is 35.5. The van der Waals surface area contributed by atoms with Gasteiger partial charge in [0, 0.05) is 12.2 Å². The number of ether oxygens (including phenoxy) is 1. The maximum Gasteiger partial charge on any atom is 0.234 e. The molecule has 0 fully saturated rings. The van der Waals surface area contributed by atoms with Crippen LogP contribution < -0.4 is 10.1 Å². The molecule has 0 aliphatic carbocycles. The topological polar surface area (TPSA) is 69.0 Å². The van der Waals surface area contributed by atoms with Gasteiger partial charge in [0.05, 0.1) is 10.8 Å². The molecule has 0 saturated carbocycles. The lowest BCUT2D eigenvalue weighted by Gasteiger charge is -2.17. The van der Waals surface area contributed by atoms with Crippen LogP contribution in [0.4, 0.5) is 5.69 Å². The number of amides is 1. The average molecular weight is 471 g/mol. The SMILES string of the molecule is C=CCn1c(SCC(=O)Nc2ccc(C)c(C)c2)nnc1C(C)Oc1cc(C)ccc1Cl. The van der Waals surface area contributed by atoms with Crippen LogP contribution in [0.15, 0.2) is 54.2 Å². The average Bonchev–Trinajstić information content (AvgIpc) is 3.15. The van der Waals surface area contributed by atoms with Gasteiger partial charge >= 0.3 is 0 Å². The summed E-state index contributed by atoms with van der Waals surface area (Å²) < 4.78 is 7.96. The normalized spacial score (nSPS) is 11.8. The molecular formula is C24H27ClN4O2S. The third-order valence-corrected chi connectivity index (χ3v) is 6.21. The molecule has 8 heteroatoms. The number of carbonyl (C=O) groups is 1. The molecule has 1 unspecified atom stereocenters. The van der Waals surface area contributed by atoms with Crippen molar-refractivity contribution in [2.45, 2.75) is 45.5 Å². The molecule has 3 aromatic rings. The Kier molecular flexibility index (Phi) is 7.99. The van der Waals surface area contributed by atoms with Crippen molar-refractivity contribution in [3.05, 3.63) is 76.6 Å². The van der Waals surface area contributed by atoms with Gasteiger partial charge in [-0.05, 0) is 68.7 Å². The van der Waals surface area contributed by atoms with Crippen molar-refractivity contribution in [1.29, 1.82) is 0 Å². The van der Waals surface area contributed by atoms with Gasteiger partial charge in [-0.15, -0.1) is 16.8 Å². The molecule has 0 radical (unpaired) electrons. The van der Waals surface area contributed by atoms with Crippen molar-refractivity contribution >= 4 is 35.0 Å². The first-order chi connectivity index (χ1) is 15.3. The molecule has 1 N–H and O–H groups in total. The van der Waals surface area contributed by atoms with Crippen molar-refractivity contribution in [1.82, 2.24) is 14.8 Å². The summed E-state index contributed by atoms with van der Waals surface area (Å²) in [5.74, 6) is 1.33. The van der Waals surface area contributed by atoms with Gasteiger partial charge in [-0.2, -0.15) is 0 Å². The number of hydrogen-bond acceptors (Lipinski definition) is 5. The fraction of sp³-hybridized carbons (Fsp3) is 0.292. The number of aryl methyl sites for hydroxylation is 3. The zero-order valence-electron chi connectivity index (χ0n) is 18.7. The number of carbonyl (C=O) groups excluding carboxylic acids is 1. The highest BCUT2D eigenvalue weighted by Gasteiger charge is 2.20. The predicted molar refractivity (Wildman–Crippen MR) is 131 cm³/mol. The first-order valence-electron chi connectivity index (χ1n) is 10.2. The second kappa shape index (κ2) is 10.7. The van der Waals surface area contributed by atoms with E-state index in [2.05, 4.69) is 22.1 Å². The molecule has 168 valence electrons. The van der Waals surface area contributed by atoms with Crippen LogP contribution in [0.1, 0.15) is 35.5 Å². The first-order valence-corrected chi connectivity index (χ1v) is 11.6. The number of rotatable bonds is 9. The zero-order valence-corrected chi connectivity index (χ0v) is 20.3. The summed E-state index contributed by atoms with van der Waals surface area (Å²) in [5.41, 5.74) is 4.15. The third kappa shape index (κ3) is 5.93. The van der Waals surface area contributed by atoms with E-state index in [1.807, 2.05) is 68.7 Å². The van der Waals surface area contributed by atoms with Gasteiger partial charge in [0.1, 0.15) is 5.75 Å². The van der Waals surface area contributed by atoms with Gasteiger partial charge in [-0.25, -0.2) is 0 Å². The minimum atomic E-state index is -0.388. The fourth-order valence-electron chi connectivity index (χ4n) is 3.10. The zero-order chi connectivity index (χ0) is 23.3. The Labute approximate surface area is 198 Å². The number of thioether (sulfide) groups is 1. The molecule has 0 aliphatic heterocycles. The largest absolute Gasteiger partial charge is 0.481 e. The summed E-state index contributed by atoms with van der Waals surface area (Å²) in [6, 6.07) is 11.5. The van der Waals surface area contributed by atoms with E-state index in [1.165, 1.54) is 17.3 Å². The summed E-state index contributed by atoms with van der Waals surface area (Å²) >= 11 is 7.59. The maximum absolute atomic E-state index is 12.5. The van der Waals surface area contributed by atoms with Crippen molar-refractivity contribution in [3.63, 3.8) is 0 Å². The van der Waals surface area contributed by atoms with Gasteiger partial charge in [0.15, 0.2) is 17.1 Å². The number of anilines is 1. The Morgan fingerprint density at radius 1 is 1.22 bits per heavy atom. The third-order valence-electron chi connectivity index (χ3n) is 4.93. The summed E-state index contributed by atoms with van der Waals surface area (Å²) in [6.07, 6.45) is 1.37. The molecule has 0 aliphatic rings. The standard InChI is InChI=1S/C24H27ClN4O2S/c1-6-11-29-23(18(5)31-21-12-15(2)7-10-20(21)25)27-28-24(29)32-14-22(30)26-19-9-8-16(3)17(4)13-19/h6-10,12-13,18H,1,11,14H2,2-5H3,(H,26,30). The van der Waals surface area contributed by atoms with Crippen LogP contribution >= 0.6 is 23.4 Å². The van der Waals surface area contributed by atoms with Crippen LogP contribution in [0.25, 0.3) is 0 Å². The molecule has 0 bridgehead atoms. The van der Waals surface area contributed by atoms with E-state index < -0.39 is 0 Å². The van der Waals surface area contributed by atoms with E-state index in [-0.39, 0.29) is 17.8 Å². The molecular weight excluding hydrogens is 444 g/mol. The minimum Gasteiger partial charge on any atom is -0.481 e. The van der Waals surface area contributed by atoms with Crippen molar-refractivity contribution < 1.29 is 9.53 Å². The van der Waals surface area contributed by atoms with Gasteiger partial charge < -0.3 is 10.1 Å². The number of allylic oxidation sites excluding steroid dienone is 1. The predicted octanol–water partition coefficient (Wildman–Crippen LogP) is 5.91. The highest BCUT2D eigenvalue weighted by Crippen LogP contribution is 2.30. The van der Waals surface area contributed by atoms with E-state index >= 15 is 0 Å². The van der Waals surface area contributed by atoms with Gasteiger partial charge in [0.25, 0.3) is 0 Å². The molecule has 1 atom stereocenters. The van der Waals surface area contributed by atoms with Crippen LogP contribution in [0, 0.1) is 20.8 Å². The Hall–Kier alpha value is -2.77. The first kappa shape index (κ1) is 23.9. The molecule has 1 heterocycles. The molecule has 3 rings (SSSR count). The molecule has 6 nitrogen and oxygen atoms in total. The fourth-order valence-corrected chi connectivity index (χ4v) is 4.02. The van der Waals surface area contributed by atoms with Gasteiger partial charge in [-0.1, -0.05) is 41.6 Å². The van der Waals surface area contributed by atoms with Crippen molar-refractivity contribution in [3.8, 4) is 5.75 Å². The molecule has 1 amide bonds. The molecule has 2 aromatic carbocycles. The minimum absolute atomic E-state index is 0.108. The smallest absolute Gasteiger partial charge is 0.234 e. The van der Waals surface area contributed by atoms with E-state index in [0.29, 0.717) is 28.3 Å². The number of benzene rings is 2. The van der Waals surface area contributed by atoms with Crippen molar-refractivity contribution in [2.75, 3.05) is 11.1 Å². The second-order valence-electron chi connectivity index (χ2n) is 7.57. The number of hydrogen-bond donors (Lipinski definition) is 1. The molecule has 0 saturated heterocycles. The Bertz CT molecular complexity index is 1130. The lowest BCUT2D eigenvalue weighted by molar-refractivity contribution is -0.113. The number of aromatic nitrogens is 3. The Morgan fingerprint density at radius 3 is 2.72 bits per heavy atom. The number of nitrogens with one attached hydrogen (secondary N) is 1. The van der Waals surface area contributed by atoms with Gasteiger partial charge in [0.2, 0.25) is 5.91 Å². The number of halogens is 1. The Morgan fingerprint density at radius 2 is 2.00 bits per heavy atom. The van der Waals surface area contributed by atoms with E-state index in [9.17, 15) is 4.79 Å². The molecule has 1 aromatic heterocycles. The van der Waals surface area contributed by atoms with Gasteiger partial charge in [-0.3, -0.25) is 9.36 Å². The molecule has 32 heavy (non-hydrogen) atoms. The lowest BCUT2D eigenvalue weighted by Crippen LogP contribution is -2.15. The van der Waals surface area contributed by atoms with Crippen LogP contribution in [0.2, 0.25) is 5.02 Å². The maximum atomic E-state index is 12.5. The van der Waals surface area contributed by atoms with Crippen LogP contribution in [-0.4, -0.2) is 26.4 Å². The summed E-state index contributed by atoms with van der Waals surface area (Å²) in [4.78, 5) is 12.5. The number of nitrogens with zero attached hydrogens (tertiary/aromatic N) is 3. The van der Waals surface area contributed by atoms with E-state index in [1.54, 1.807) is 6.08 Å². The van der Waals surface area contributed by atoms with E-state index in [4.69, 9.17) is 16.3 Å². The Balaban J connectivity index is 1.69. The monoisotopic (exact) mass is 470 g/mol. The lowest BCUT2D eigenvalue weighted by atomic mass is 10.1. The second-order valence-corrected chi connectivity index (χ2v) is 8.92. The van der Waals surface area contributed by atoms with Crippen LogP contribution in [0.3, 0.4) is 0 Å². The molecule has 0 spiro atoms.